The number of nitrogens with zero attached hydrogens (tertiary/aromatic N) is 1. The van der Waals surface area contributed by atoms with Gasteiger partial charge in [0.25, 0.3) is 0 Å². The molecule has 2 aromatic carbocycles. The normalized spacial score (nSPS) is 11.1. The second-order valence-electron chi connectivity index (χ2n) is 4.83. The van der Waals surface area contributed by atoms with Crippen LogP contribution in [0.4, 0.5) is 0 Å². The predicted molar refractivity (Wildman–Crippen MR) is 87.8 cm³/mol. The first-order valence-corrected chi connectivity index (χ1v) is 7.30. The number of ether oxygens (including phenoxy) is 1. The monoisotopic (exact) mass is 313 g/mol. The van der Waals surface area contributed by atoms with E-state index in [4.69, 9.17) is 4.74 Å². The fraction of sp³-hybridized carbons (Fsp3) is 0.222. The van der Waals surface area contributed by atoms with Gasteiger partial charge in [-0.05, 0) is 23.6 Å². The van der Waals surface area contributed by atoms with Gasteiger partial charge in [-0.3, -0.25) is 0 Å². The third-order valence-corrected chi connectivity index (χ3v) is 3.39. The molecule has 0 unspecified atom stereocenters. The molecular formula is C18H19NO4. The zero-order valence-corrected chi connectivity index (χ0v) is 13.2. The molecule has 0 aliphatic heterocycles. The van der Waals surface area contributed by atoms with Gasteiger partial charge in [-0.15, -0.1) is 0 Å². The third kappa shape index (κ3) is 4.10. The molecule has 0 aliphatic carbocycles. The van der Waals surface area contributed by atoms with Crippen molar-refractivity contribution < 1.29 is 19.5 Å². The molecule has 5 heteroatoms. The maximum absolute atomic E-state index is 11.4. The van der Waals surface area contributed by atoms with Gasteiger partial charge < -0.3 is 14.7 Å². The summed E-state index contributed by atoms with van der Waals surface area (Å²) in [6.45, 7) is 2.31. The molecule has 0 saturated heterocycles. The van der Waals surface area contributed by atoms with Gasteiger partial charge in [0.15, 0.2) is 5.71 Å². The molecule has 0 atom stereocenters. The van der Waals surface area contributed by atoms with Gasteiger partial charge in [-0.1, -0.05) is 54.5 Å². The summed E-state index contributed by atoms with van der Waals surface area (Å²) in [6.07, 6.45) is 0.864. The quantitative estimate of drug-likeness (QED) is 0.629. The van der Waals surface area contributed by atoms with Crippen molar-refractivity contribution in [3.05, 3.63) is 65.2 Å². The van der Waals surface area contributed by atoms with Crippen molar-refractivity contribution in [1.82, 2.24) is 0 Å². The zero-order chi connectivity index (χ0) is 16.7. The van der Waals surface area contributed by atoms with E-state index in [0.29, 0.717) is 5.56 Å². The van der Waals surface area contributed by atoms with E-state index in [0.717, 1.165) is 23.3 Å². The molecule has 0 heterocycles. The molecule has 0 bridgehead atoms. The molecule has 0 aliphatic rings. The number of rotatable bonds is 7. The van der Waals surface area contributed by atoms with Crippen LogP contribution in [0.15, 0.2) is 53.7 Å². The van der Waals surface area contributed by atoms with Crippen LogP contribution in [-0.4, -0.2) is 23.9 Å². The summed E-state index contributed by atoms with van der Waals surface area (Å²) in [5, 5.41) is 12.9. The van der Waals surface area contributed by atoms with Crippen molar-refractivity contribution >= 4 is 11.7 Å². The molecule has 120 valence electrons. The summed E-state index contributed by atoms with van der Waals surface area (Å²) in [5.41, 5.74) is 2.18. The maximum atomic E-state index is 11.4. The minimum absolute atomic E-state index is 0.143. The molecule has 0 spiro atoms. The van der Waals surface area contributed by atoms with Gasteiger partial charge in [0.05, 0.1) is 0 Å². The summed E-state index contributed by atoms with van der Waals surface area (Å²) < 4.78 is 5.87. The van der Waals surface area contributed by atoms with Crippen molar-refractivity contribution in [2.45, 2.75) is 20.0 Å². The van der Waals surface area contributed by atoms with E-state index in [1.807, 2.05) is 36.4 Å². The van der Waals surface area contributed by atoms with E-state index in [1.165, 1.54) is 7.11 Å². The molecule has 0 radical (unpaired) electrons. The first-order valence-electron chi connectivity index (χ1n) is 7.30. The van der Waals surface area contributed by atoms with Crippen molar-refractivity contribution in [1.29, 1.82) is 0 Å². The van der Waals surface area contributed by atoms with Gasteiger partial charge in [0.2, 0.25) is 0 Å². The summed E-state index contributed by atoms with van der Waals surface area (Å²) in [7, 11) is 1.32. The van der Waals surface area contributed by atoms with Crippen molar-refractivity contribution in [3.63, 3.8) is 0 Å². The summed E-state index contributed by atoms with van der Waals surface area (Å²) in [5.74, 6) is -0.349. The van der Waals surface area contributed by atoms with Gasteiger partial charge in [0.1, 0.15) is 19.5 Å². The average Bonchev–Trinajstić information content (AvgIpc) is 2.58. The topological polar surface area (TPSA) is 68.1 Å². The lowest BCUT2D eigenvalue weighted by molar-refractivity contribution is -0.129. The molecule has 0 fully saturated rings. The number of oxime groups is 1. The Hall–Kier alpha value is -2.82. The van der Waals surface area contributed by atoms with E-state index < -0.39 is 5.97 Å². The number of para-hydroxylation sites is 1. The minimum Gasteiger partial charge on any atom is -0.489 e. The van der Waals surface area contributed by atoms with Crippen LogP contribution in [0, 0.1) is 0 Å². The van der Waals surface area contributed by atoms with Gasteiger partial charge in [0, 0.05) is 5.56 Å². The fourth-order valence-electron chi connectivity index (χ4n) is 2.26. The van der Waals surface area contributed by atoms with E-state index in [2.05, 4.69) is 16.9 Å². The lowest BCUT2D eigenvalue weighted by atomic mass is 10.0. The number of carboxylic acids is 1. The molecule has 0 amide bonds. The highest BCUT2D eigenvalue weighted by atomic mass is 16.6. The van der Waals surface area contributed by atoms with Crippen LogP contribution in [0.3, 0.4) is 0 Å². The fourth-order valence-corrected chi connectivity index (χ4v) is 2.26. The highest BCUT2D eigenvalue weighted by molar-refractivity contribution is 6.42. The third-order valence-electron chi connectivity index (χ3n) is 3.39. The Morgan fingerprint density at radius 1 is 1.09 bits per heavy atom. The summed E-state index contributed by atoms with van der Waals surface area (Å²) in [4.78, 5) is 16.0. The highest BCUT2D eigenvalue weighted by Gasteiger charge is 2.17. The molecule has 2 rings (SSSR count). The number of aryl methyl sites for hydroxylation is 1. The number of hydrogen-bond donors (Lipinski definition) is 1. The van der Waals surface area contributed by atoms with Gasteiger partial charge >= 0.3 is 5.97 Å². The van der Waals surface area contributed by atoms with Crippen LogP contribution >= 0.6 is 0 Å². The van der Waals surface area contributed by atoms with Crippen molar-refractivity contribution in [2.75, 3.05) is 7.11 Å². The Morgan fingerprint density at radius 2 is 1.74 bits per heavy atom. The Bertz CT molecular complexity index is 710. The molecule has 0 saturated carbocycles. The second kappa shape index (κ2) is 7.98. The Kier molecular flexibility index (Phi) is 5.74. The van der Waals surface area contributed by atoms with Crippen molar-refractivity contribution in [3.8, 4) is 5.75 Å². The van der Waals surface area contributed by atoms with Crippen molar-refractivity contribution in [2.24, 2.45) is 5.16 Å². The first kappa shape index (κ1) is 16.5. The lowest BCUT2D eigenvalue weighted by Gasteiger charge is -2.13. The Balaban J connectivity index is 2.27. The standard InChI is InChI=1S/C18H19NO4/c1-3-13-8-5-7-11-16(13)23-12-14-9-4-6-10-15(14)17(18(20)21)19-22-2/h4-11H,3,12H2,1-2H3,(H,20,21). The Morgan fingerprint density at radius 3 is 2.39 bits per heavy atom. The largest absolute Gasteiger partial charge is 0.489 e. The molecule has 5 nitrogen and oxygen atoms in total. The molecule has 23 heavy (non-hydrogen) atoms. The minimum atomic E-state index is -1.15. The van der Waals surface area contributed by atoms with Crippen LogP contribution in [0.1, 0.15) is 23.6 Å². The molecule has 2 aromatic rings. The van der Waals surface area contributed by atoms with Crippen LogP contribution in [-0.2, 0) is 22.7 Å². The average molecular weight is 313 g/mol. The number of benzene rings is 2. The van der Waals surface area contributed by atoms with Gasteiger partial charge in [-0.25, -0.2) is 4.79 Å². The van der Waals surface area contributed by atoms with Crippen LogP contribution in [0.2, 0.25) is 0 Å². The molecule has 0 aromatic heterocycles. The summed E-state index contributed by atoms with van der Waals surface area (Å²) in [6, 6.07) is 14.9. The SMILES string of the molecule is CCc1ccccc1OCc1ccccc1C(=NOC)C(=O)O. The lowest BCUT2D eigenvalue weighted by Crippen LogP contribution is -2.17. The summed E-state index contributed by atoms with van der Waals surface area (Å²) >= 11 is 0. The zero-order valence-electron chi connectivity index (χ0n) is 13.2. The second-order valence-corrected chi connectivity index (χ2v) is 4.83. The van der Waals surface area contributed by atoms with E-state index in [-0.39, 0.29) is 12.3 Å². The van der Waals surface area contributed by atoms with Crippen LogP contribution < -0.4 is 4.74 Å². The van der Waals surface area contributed by atoms with Crippen LogP contribution in [0.25, 0.3) is 0 Å². The Labute approximate surface area is 135 Å². The number of carboxylic acid groups (broad SMARTS) is 1. The van der Waals surface area contributed by atoms with E-state index >= 15 is 0 Å². The molecule has 1 N–H and O–H groups in total. The number of hydrogen-bond acceptors (Lipinski definition) is 4. The predicted octanol–water partition coefficient (Wildman–Crippen LogP) is 3.26. The van der Waals surface area contributed by atoms with Gasteiger partial charge in [-0.2, -0.15) is 0 Å². The first-order chi connectivity index (χ1) is 11.2. The number of carbonyl (C=O) groups is 1. The van der Waals surface area contributed by atoms with Crippen LogP contribution in [0.5, 0.6) is 5.75 Å². The van der Waals surface area contributed by atoms with E-state index in [1.54, 1.807) is 12.1 Å². The number of aliphatic carboxylic acids is 1. The smallest absolute Gasteiger partial charge is 0.358 e. The molecular weight excluding hydrogens is 294 g/mol. The highest BCUT2D eigenvalue weighted by Crippen LogP contribution is 2.21. The van der Waals surface area contributed by atoms with E-state index in [9.17, 15) is 9.90 Å². The maximum Gasteiger partial charge on any atom is 0.358 e.